The average Bonchev–Trinajstić information content (AvgIpc) is 2.91. The topological polar surface area (TPSA) is 42.0 Å². The highest BCUT2D eigenvalue weighted by Gasteiger charge is 2.34. The van der Waals surface area contributed by atoms with Crippen LogP contribution in [0, 0.1) is 29.6 Å². The molecule has 1 aromatic carbocycles. The molecule has 0 N–H and O–H groups in total. The molecule has 0 heterocycles. The van der Waals surface area contributed by atoms with Crippen molar-refractivity contribution in [2.45, 2.75) is 65.4 Å². The molecule has 2 rings (SSSR count). The third kappa shape index (κ3) is 10.5. The molecule has 5 heteroatoms. The highest BCUT2D eigenvalue weighted by molar-refractivity contribution is 5.75. The maximum absolute atomic E-state index is 13.0. The monoisotopic (exact) mass is 480 g/mol. The first-order valence-electron chi connectivity index (χ1n) is 13.3. The first kappa shape index (κ1) is 28.9. The predicted molar refractivity (Wildman–Crippen MR) is 143 cm³/mol. The van der Waals surface area contributed by atoms with Crippen LogP contribution >= 0.6 is 0 Å². The molecule has 1 fully saturated rings. The fourth-order valence-corrected chi connectivity index (χ4v) is 4.53. The Morgan fingerprint density at radius 3 is 1.91 bits per heavy atom. The lowest BCUT2D eigenvalue weighted by Gasteiger charge is -2.32. The zero-order valence-electron chi connectivity index (χ0n) is 22.2. The summed E-state index contributed by atoms with van der Waals surface area (Å²) in [5.74, 6) is 12.7. The SMILES string of the molecule is CCN(CC)CC#CCOC(=O)[C@@H](OCC#CCN(CC)CC)C1CCC(c2ccccc2)CC1. The van der Waals surface area contributed by atoms with E-state index in [1.165, 1.54) is 5.56 Å². The number of esters is 1. The fraction of sp³-hybridized carbons (Fsp3) is 0.633. The van der Waals surface area contributed by atoms with Crippen LogP contribution in [0.5, 0.6) is 0 Å². The lowest BCUT2D eigenvalue weighted by atomic mass is 9.76. The van der Waals surface area contributed by atoms with Gasteiger partial charge in [0.15, 0.2) is 12.7 Å². The Morgan fingerprint density at radius 1 is 0.829 bits per heavy atom. The molecule has 0 spiro atoms. The summed E-state index contributed by atoms with van der Waals surface area (Å²) in [5.41, 5.74) is 1.39. The third-order valence-corrected chi connectivity index (χ3v) is 6.97. The van der Waals surface area contributed by atoms with Crippen LogP contribution in [0.25, 0.3) is 0 Å². The molecule has 1 saturated carbocycles. The van der Waals surface area contributed by atoms with E-state index in [9.17, 15) is 4.79 Å². The van der Waals surface area contributed by atoms with Crippen LogP contribution in [0.15, 0.2) is 30.3 Å². The summed E-state index contributed by atoms with van der Waals surface area (Å²) in [6, 6.07) is 10.7. The maximum Gasteiger partial charge on any atom is 0.336 e. The van der Waals surface area contributed by atoms with E-state index in [0.29, 0.717) is 12.5 Å². The van der Waals surface area contributed by atoms with E-state index in [-0.39, 0.29) is 25.1 Å². The van der Waals surface area contributed by atoms with Gasteiger partial charge in [0.1, 0.15) is 6.61 Å². The van der Waals surface area contributed by atoms with E-state index >= 15 is 0 Å². The standard InChI is InChI=1S/C30H44N2O3/c1-5-31(6-2)22-12-14-24-34-29(30(33)35-25-15-13-23-32(7-3)8-4)28-20-18-27(19-21-28)26-16-10-9-11-17-26/h9-11,16-17,27-29H,5-8,18-25H2,1-4H3/t27?,28?,29-/m0/s1. The number of carbonyl (C=O) groups is 1. The minimum absolute atomic E-state index is 0.104. The molecular formula is C30H44N2O3. The van der Waals surface area contributed by atoms with Gasteiger partial charge in [-0.15, -0.1) is 0 Å². The van der Waals surface area contributed by atoms with E-state index in [4.69, 9.17) is 9.47 Å². The zero-order valence-corrected chi connectivity index (χ0v) is 22.2. The zero-order chi connectivity index (χ0) is 25.3. The van der Waals surface area contributed by atoms with Gasteiger partial charge in [-0.25, -0.2) is 4.79 Å². The summed E-state index contributed by atoms with van der Waals surface area (Å²) >= 11 is 0. The Morgan fingerprint density at radius 2 is 1.37 bits per heavy atom. The molecule has 0 aliphatic heterocycles. The Bertz CT molecular complexity index is 833. The van der Waals surface area contributed by atoms with Crippen LogP contribution < -0.4 is 0 Å². The second-order valence-corrected chi connectivity index (χ2v) is 8.99. The molecule has 1 aliphatic carbocycles. The van der Waals surface area contributed by atoms with Gasteiger partial charge in [0, 0.05) is 0 Å². The molecule has 0 saturated heterocycles. The lowest BCUT2D eigenvalue weighted by Crippen LogP contribution is -2.36. The first-order valence-corrected chi connectivity index (χ1v) is 13.3. The van der Waals surface area contributed by atoms with Crippen molar-refractivity contribution in [1.82, 2.24) is 9.80 Å². The number of hydrogen-bond acceptors (Lipinski definition) is 5. The average molecular weight is 481 g/mol. The van der Waals surface area contributed by atoms with Crippen LogP contribution in [0.2, 0.25) is 0 Å². The van der Waals surface area contributed by atoms with E-state index in [1.54, 1.807) is 0 Å². The van der Waals surface area contributed by atoms with Crippen molar-refractivity contribution >= 4 is 5.97 Å². The van der Waals surface area contributed by atoms with E-state index in [2.05, 4.69) is 91.5 Å². The summed E-state index contributed by atoms with van der Waals surface area (Å²) in [4.78, 5) is 17.5. The minimum atomic E-state index is -0.584. The fourth-order valence-electron chi connectivity index (χ4n) is 4.53. The van der Waals surface area contributed by atoms with Gasteiger partial charge in [-0.05, 0) is 69.3 Å². The first-order chi connectivity index (χ1) is 17.1. The van der Waals surface area contributed by atoms with Crippen molar-refractivity contribution < 1.29 is 14.3 Å². The molecule has 0 bridgehead atoms. The Hall–Kier alpha value is -2.31. The second kappa shape index (κ2) is 17.2. The van der Waals surface area contributed by atoms with E-state index < -0.39 is 6.10 Å². The Kier molecular flexibility index (Phi) is 14.2. The van der Waals surface area contributed by atoms with Gasteiger partial charge in [-0.2, -0.15) is 0 Å². The van der Waals surface area contributed by atoms with Gasteiger partial charge < -0.3 is 9.47 Å². The van der Waals surface area contributed by atoms with Gasteiger partial charge in [0.25, 0.3) is 0 Å². The summed E-state index contributed by atoms with van der Waals surface area (Å²) in [7, 11) is 0. The van der Waals surface area contributed by atoms with Crippen molar-refractivity contribution in [3.8, 4) is 23.7 Å². The largest absolute Gasteiger partial charge is 0.451 e. The van der Waals surface area contributed by atoms with Crippen LogP contribution in [0.1, 0.15) is 64.9 Å². The number of ether oxygens (including phenoxy) is 2. The van der Waals surface area contributed by atoms with Crippen LogP contribution in [0.3, 0.4) is 0 Å². The smallest absolute Gasteiger partial charge is 0.336 e. The number of nitrogens with zero attached hydrogens (tertiary/aromatic N) is 2. The Labute approximate surface area is 213 Å². The Balaban J connectivity index is 1.94. The lowest BCUT2D eigenvalue weighted by molar-refractivity contribution is -0.159. The predicted octanol–water partition coefficient (Wildman–Crippen LogP) is 4.58. The number of hydrogen-bond donors (Lipinski definition) is 0. The van der Waals surface area contributed by atoms with Crippen molar-refractivity contribution in [1.29, 1.82) is 0 Å². The summed E-state index contributed by atoms with van der Waals surface area (Å²) in [6.07, 6.45) is 3.41. The third-order valence-electron chi connectivity index (χ3n) is 6.97. The molecule has 1 aliphatic rings. The summed E-state index contributed by atoms with van der Waals surface area (Å²) in [6.45, 7) is 14.1. The molecule has 35 heavy (non-hydrogen) atoms. The number of carbonyl (C=O) groups excluding carboxylic acids is 1. The molecule has 0 amide bonds. The molecule has 0 unspecified atom stereocenters. The van der Waals surface area contributed by atoms with Gasteiger partial charge in [0.05, 0.1) is 13.1 Å². The molecule has 1 atom stereocenters. The van der Waals surface area contributed by atoms with Gasteiger partial charge in [-0.3, -0.25) is 9.80 Å². The highest BCUT2D eigenvalue weighted by Crippen LogP contribution is 2.37. The maximum atomic E-state index is 13.0. The van der Waals surface area contributed by atoms with Crippen molar-refractivity contribution in [3.05, 3.63) is 35.9 Å². The molecule has 1 aromatic rings. The minimum Gasteiger partial charge on any atom is -0.451 e. The second-order valence-electron chi connectivity index (χ2n) is 8.99. The van der Waals surface area contributed by atoms with Gasteiger partial charge >= 0.3 is 5.97 Å². The van der Waals surface area contributed by atoms with Crippen molar-refractivity contribution in [2.75, 3.05) is 52.5 Å². The molecule has 0 radical (unpaired) electrons. The van der Waals surface area contributed by atoms with Crippen molar-refractivity contribution in [2.24, 2.45) is 5.92 Å². The summed E-state index contributed by atoms with van der Waals surface area (Å²) in [5, 5.41) is 0. The summed E-state index contributed by atoms with van der Waals surface area (Å²) < 4.78 is 11.6. The molecular weight excluding hydrogens is 436 g/mol. The van der Waals surface area contributed by atoms with Gasteiger partial charge in [0.2, 0.25) is 0 Å². The number of rotatable bonds is 12. The quantitative estimate of drug-likeness (QED) is 0.324. The van der Waals surface area contributed by atoms with Gasteiger partial charge in [-0.1, -0.05) is 81.7 Å². The van der Waals surface area contributed by atoms with Crippen molar-refractivity contribution in [3.63, 3.8) is 0 Å². The van der Waals surface area contributed by atoms with E-state index in [1.807, 2.05) is 0 Å². The molecule has 192 valence electrons. The highest BCUT2D eigenvalue weighted by atomic mass is 16.6. The molecule has 5 nitrogen and oxygen atoms in total. The normalized spacial score (nSPS) is 18.3. The van der Waals surface area contributed by atoms with Crippen LogP contribution in [-0.2, 0) is 14.3 Å². The van der Waals surface area contributed by atoms with E-state index in [0.717, 1.165) is 58.4 Å². The van der Waals surface area contributed by atoms with Crippen LogP contribution in [0.4, 0.5) is 0 Å². The van der Waals surface area contributed by atoms with Crippen LogP contribution in [-0.4, -0.2) is 74.4 Å². The number of benzene rings is 1. The molecule has 0 aromatic heterocycles.